The van der Waals surface area contributed by atoms with Crippen LogP contribution in [0.15, 0.2) is 23.0 Å². The summed E-state index contributed by atoms with van der Waals surface area (Å²) in [5.74, 6) is -1.27. The molecule has 224 valence electrons. The molecular formula is C31H37N3O8. The molecule has 2 saturated carbocycles. The highest BCUT2D eigenvalue weighted by molar-refractivity contribution is 6.24. The molecule has 42 heavy (non-hydrogen) atoms. The fraction of sp³-hybridized carbons (Fsp3) is 0.516. The average Bonchev–Trinajstić information content (AvgIpc) is 2.90. The molecule has 0 heterocycles. The number of hydrogen-bond acceptors (Lipinski definition) is 10. The van der Waals surface area contributed by atoms with Crippen molar-refractivity contribution in [1.29, 1.82) is 0 Å². The van der Waals surface area contributed by atoms with Crippen molar-refractivity contribution in [3.8, 4) is 17.6 Å². The van der Waals surface area contributed by atoms with Gasteiger partial charge in [0.15, 0.2) is 11.4 Å². The van der Waals surface area contributed by atoms with E-state index in [1.807, 2.05) is 0 Å². The zero-order valence-corrected chi connectivity index (χ0v) is 24.2. The number of aliphatic hydroxyl groups excluding tert-OH is 2. The van der Waals surface area contributed by atoms with Crippen LogP contribution < -0.4 is 10.6 Å². The van der Waals surface area contributed by atoms with Gasteiger partial charge in [0.05, 0.1) is 17.2 Å². The number of likely N-dealkylation sites (N-methyl/N-ethyl adjacent to an activating group) is 1. The van der Waals surface area contributed by atoms with Crippen LogP contribution >= 0.6 is 0 Å². The van der Waals surface area contributed by atoms with Gasteiger partial charge in [-0.15, -0.1) is 0 Å². The number of Topliss-reactive ketones (excluding diaryl/α,β-unsaturated/α-hetero) is 2. The largest absolute Gasteiger partial charge is 0.508 e. The van der Waals surface area contributed by atoms with E-state index in [-0.39, 0.29) is 35.3 Å². The lowest BCUT2D eigenvalue weighted by Crippen LogP contribution is -2.65. The number of anilines is 1. The van der Waals surface area contributed by atoms with E-state index in [0.717, 1.165) is 19.3 Å². The van der Waals surface area contributed by atoms with Crippen molar-refractivity contribution in [1.82, 2.24) is 4.90 Å². The number of rotatable bonds is 3. The molecule has 1 aromatic carbocycles. The molecule has 0 radical (unpaired) electrons. The number of ketones is 2. The number of benzene rings is 1. The van der Waals surface area contributed by atoms with E-state index in [1.54, 1.807) is 39.2 Å². The molecule has 5 rings (SSSR count). The lowest BCUT2D eigenvalue weighted by atomic mass is 9.57. The van der Waals surface area contributed by atoms with Crippen LogP contribution in [0, 0.1) is 23.7 Å². The predicted octanol–water partition coefficient (Wildman–Crippen LogP) is 1.08. The number of aliphatic hydroxyl groups is 4. The second-order valence-electron chi connectivity index (χ2n) is 12.3. The van der Waals surface area contributed by atoms with Gasteiger partial charge in [-0.3, -0.25) is 19.3 Å². The molecule has 4 aliphatic rings. The van der Waals surface area contributed by atoms with Crippen LogP contribution in [0.5, 0.6) is 5.75 Å². The molecule has 0 aromatic heterocycles. The molecule has 0 bridgehead atoms. The molecular weight excluding hydrogens is 542 g/mol. The van der Waals surface area contributed by atoms with E-state index in [9.17, 15) is 39.9 Å². The molecule has 7 N–H and O–H groups in total. The smallest absolute Gasteiger partial charge is 0.255 e. The third-order valence-electron chi connectivity index (χ3n) is 9.29. The van der Waals surface area contributed by atoms with Crippen LogP contribution in [0.4, 0.5) is 5.69 Å². The van der Waals surface area contributed by atoms with Crippen LogP contribution in [0.1, 0.15) is 55.2 Å². The SMILES string of the molecule is CN(C)c1cc(C#CC2(O)CCCCC2)c(O)c2c1CC1CC3C(N(C)C)C(=O)C(C(N)=O)=C(O)C3(O)C(=O)C1=C2O. The molecule has 4 unspecified atom stereocenters. The monoisotopic (exact) mass is 579 g/mol. The Morgan fingerprint density at radius 2 is 1.69 bits per heavy atom. The standard InChI is InChI=1S/C31H37N3O8/c1-33(2)19-14-15(8-11-30(41)9-6-5-7-10-30)24(35)21-17(19)12-16-13-18-23(34(3)4)26(37)22(29(32)40)28(39)31(18,42)27(38)20(16)25(21)36/h14,16,18,23,35-36,39,41-42H,5-7,9-10,12-13H2,1-4H3,(H2,32,40). The summed E-state index contributed by atoms with van der Waals surface area (Å²) in [5.41, 5.74) is 1.71. The van der Waals surface area contributed by atoms with Crippen molar-refractivity contribution in [2.75, 3.05) is 33.1 Å². The van der Waals surface area contributed by atoms with Crippen LogP contribution in [-0.4, -0.2) is 93.3 Å². The topological polar surface area (TPSA) is 185 Å². The van der Waals surface area contributed by atoms with Crippen LogP contribution in [0.3, 0.4) is 0 Å². The number of nitrogens with zero attached hydrogens (tertiary/aromatic N) is 2. The molecule has 0 spiro atoms. The number of hydrogen-bond donors (Lipinski definition) is 6. The van der Waals surface area contributed by atoms with E-state index >= 15 is 0 Å². The predicted molar refractivity (Wildman–Crippen MR) is 153 cm³/mol. The van der Waals surface area contributed by atoms with Crippen molar-refractivity contribution in [3.63, 3.8) is 0 Å². The number of amides is 1. The zero-order valence-electron chi connectivity index (χ0n) is 24.2. The Hall–Kier alpha value is -3.85. The molecule has 0 aliphatic heterocycles. The first-order chi connectivity index (χ1) is 19.6. The Bertz CT molecular complexity index is 1520. The van der Waals surface area contributed by atoms with Crippen LogP contribution in [-0.2, 0) is 20.8 Å². The Kier molecular flexibility index (Phi) is 7.16. The molecule has 11 nitrogen and oxygen atoms in total. The summed E-state index contributed by atoms with van der Waals surface area (Å²) in [7, 11) is 6.69. The third kappa shape index (κ3) is 4.28. The van der Waals surface area contributed by atoms with Crippen LogP contribution in [0.2, 0.25) is 0 Å². The number of phenolic OH excluding ortho intramolecular Hbond substituents is 1. The van der Waals surface area contributed by atoms with Crippen molar-refractivity contribution in [3.05, 3.63) is 39.7 Å². The molecule has 4 atom stereocenters. The zero-order chi connectivity index (χ0) is 30.9. The number of nitrogens with two attached hydrogens (primary N) is 1. The lowest BCUT2D eigenvalue weighted by molar-refractivity contribution is -0.153. The number of carbonyl (C=O) groups is 3. The number of aromatic hydroxyl groups is 1. The van der Waals surface area contributed by atoms with Gasteiger partial charge in [0.25, 0.3) is 5.91 Å². The van der Waals surface area contributed by atoms with E-state index < -0.39 is 63.6 Å². The van der Waals surface area contributed by atoms with Gasteiger partial charge in [-0.05, 0) is 70.2 Å². The Morgan fingerprint density at radius 1 is 1.05 bits per heavy atom. The summed E-state index contributed by atoms with van der Waals surface area (Å²) in [6.07, 6.45) is 3.89. The highest BCUT2D eigenvalue weighted by atomic mass is 16.3. The first kappa shape index (κ1) is 29.6. The van der Waals surface area contributed by atoms with E-state index in [1.165, 1.54) is 4.90 Å². The first-order valence-electron chi connectivity index (χ1n) is 14.1. The van der Waals surface area contributed by atoms with Gasteiger partial charge in [-0.1, -0.05) is 18.3 Å². The molecule has 4 aliphatic carbocycles. The Morgan fingerprint density at radius 3 is 2.26 bits per heavy atom. The minimum absolute atomic E-state index is 0.00792. The second kappa shape index (κ2) is 10.2. The maximum Gasteiger partial charge on any atom is 0.255 e. The Balaban J connectivity index is 1.71. The van der Waals surface area contributed by atoms with E-state index in [2.05, 4.69) is 11.8 Å². The van der Waals surface area contributed by atoms with Crippen molar-refractivity contribution in [2.24, 2.45) is 17.6 Å². The number of phenols is 1. The molecule has 11 heteroatoms. The summed E-state index contributed by atoms with van der Waals surface area (Å²) in [5, 5.41) is 56.7. The quantitative estimate of drug-likeness (QED) is 0.224. The minimum Gasteiger partial charge on any atom is -0.508 e. The molecule has 1 amide bonds. The fourth-order valence-electron chi connectivity index (χ4n) is 7.23. The number of fused-ring (bicyclic) bond motifs is 3. The number of primary amides is 1. The summed E-state index contributed by atoms with van der Waals surface area (Å²) < 4.78 is 0. The van der Waals surface area contributed by atoms with Crippen molar-refractivity contribution >= 4 is 28.9 Å². The fourth-order valence-corrected chi connectivity index (χ4v) is 7.23. The highest BCUT2D eigenvalue weighted by Crippen LogP contribution is 2.54. The summed E-state index contributed by atoms with van der Waals surface area (Å²) in [6, 6.07) is 0.528. The highest BCUT2D eigenvalue weighted by Gasteiger charge is 2.64. The third-order valence-corrected chi connectivity index (χ3v) is 9.29. The van der Waals surface area contributed by atoms with Gasteiger partial charge >= 0.3 is 0 Å². The number of carbonyl (C=O) groups excluding carboxylic acids is 3. The summed E-state index contributed by atoms with van der Waals surface area (Å²) in [4.78, 5) is 42.8. The summed E-state index contributed by atoms with van der Waals surface area (Å²) in [6.45, 7) is 0. The lowest BCUT2D eigenvalue weighted by Gasteiger charge is -2.50. The maximum absolute atomic E-state index is 14.1. The van der Waals surface area contributed by atoms with E-state index in [0.29, 0.717) is 24.1 Å². The minimum atomic E-state index is -2.70. The first-order valence-corrected chi connectivity index (χ1v) is 14.1. The van der Waals surface area contributed by atoms with Gasteiger partial charge in [-0.25, -0.2) is 0 Å². The van der Waals surface area contributed by atoms with Crippen molar-refractivity contribution < 1.29 is 39.9 Å². The van der Waals surface area contributed by atoms with Gasteiger partial charge < -0.3 is 36.2 Å². The maximum atomic E-state index is 14.1. The van der Waals surface area contributed by atoms with Crippen molar-refractivity contribution in [2.45, 2.75) is 62.2 Å². The van der Waals surface area contributed by atoms with Crippen LogP contribution in [0.25, 0.3) is 5.76 Å². The normalized spacial score (nSPS) is 28.5. The Labute approximate surface area is 243 Å². The van der Waals surface area contributed by atoms with Gasteiger partial charge in [-0.2, -0.15) is 0 Å². The molecule has 2 fully saturated rings. The molecule has 0 saturated heterocycles. The second-order valence-corrected chi connectivity index (χ2v) is 12.3. The van der Waals surface area contributed by atoms with Gasteiger partial charge in [0.1, 0.15) is 28.4 Å². The van der Waals surface area contributed by atoms with Gasteiger partial charge in [0, 0.05) is 31.3 Å². The van der Waals surface area contributed by atoms with Gasteiger partial charge in [0.2, 0.25) is 5.78 Å². The van der Waals surface area contributed by atoms with E-state index in [4.69, 9.17) is 5.73 Å². The average molecular weight is 580 g/mol. The summed E-state index contributed by atoms with van der Waals surface area (Å²) >= 11 is 0. The molecule has 1 aromatic rings.